The molecule has 1 aliphatic heterocycles. The van der Waals surface area contributed by atoms with Gasteiger partial charge in [0.25, 0.3) is 0 Å². The highest BCUT2D eigenvalue weighted by Gasteiger charge is 2.20. The van der Waals surface area contributed by atoms with Crippen molar-refractivity contribution in [1.82, 2.24) is 10.3 Å². The van der Waals surface area contributed by atoms with Gasteiger partial charge in [-0.1, -0.05) is 0 Å². The molecule has 1 N–H and O–H groups in total. The molecule has 1 unspecified atom stereocenters. The first kappa shape index (κ1) is 9.68. The number of nitrogens with zero attached hydrogens (tertiary/aromatic N) is 1. The van der Waals surface area contributed by atoms with E-state index in [0.29, 0.717) is 0 Å². The minimum atomic E-state index is 0.0781. The van der Waals surface area contributed by atoms with Crippen LogP contribution < -0.4 is 5.32 Å². The number of hydrogen-bond donors (Lipinski definition) is 1. The first-order chi connectivity index (χ1) is 6.90. The number of rotatable bonds is 3. The Kier molecular flexibility index (Phi) is 3.16. The molecule has 0 spiro atoms. The molecule has 0 aromatic carbocycles. The van der Waals surface area contributed by atoms with Crippen LogP contribution in [0.5, 0.6) is 0 Å². The minimum Gasteiger partial charge on any atom is -0.442 e. The summed E-state index contributed by atoms with van der Waals surface area (Å²) in [6.07, 6.45) is 5.23. The molecule has 0 bridgehead atoms. The molecule has 1 aromatic heterocycles. The van der Waals surface area contributed by atoms with Gasteiger partial charge in [-0.25, -0.2) is 4.98 Å². The second-order valence-electron chi connectivity index (χ2n) is 3.55. The molecule has 0 radical (unpaired) electrons. The zero-order valence-electron chi connectivity index (χ0n) is 8.45. The van der Waals surface area contributed by atoms with Gasteiger partial charge in [0.1, 0.15) is 11.9 Å². The summed E-state index contributed by atoms with van der Waals surface area (Å²) in [5.41, 5.74) is 0. The van der Waals surface area contributed by atoms with E-state index in [1.54, 1.807) is 6.20 Å². The third-order valence-electron chi connectivity index (χ3n) is 2.38. The molecular formula is C10H16N2O2. The summed E-state index contributed by atoms with van der Waals surface area (Å²) >= 11 is 0. The van der Waals surface area contributed by atoms with Crippen molar-refractivity contribution >= 4 is 0 Å². The molecule has 0 saturated carbocycles. The minimum absolute atomic E-state index is 0.0781. The Balaban J connectivity index is 2.00. The SMILES string of the molecule is CNCc1cnc(C2CCCCO2)o1. The largest absolute Gasteiger partial charge is 0.442 e. The van der Waals surface area contributed by atoms with Crippen LogP contribution in [0, 0.1) is 0 Å². The molecule has 1 aliphatic rings. The number of oxazole rings is 1. The number of aromatic nitrogens is 1. The van der Waals surface area contributed by atoms with Crippen molar-refractivity contribution < 1.29 is 9.15 Å². The average molecular weight is 196 g/mol. The fourth-order valence-corrected chi connectivity index (χ4v) is 1.66. The van der Waals surface area contributed by atoms with Crippen LogP contribution in [0.25, 0.3) is 0 Å². The lowest BCUT2D eigenvalue weighted by atomic mass is 10.1. The highest BCUT2D eigenvalue weighted by molar-refractivity contribution is 4.96. The average Bonchev–Trinajstić information content (AvgIpc) is 2.68. The molecule has 1 saturated heterocycles. The normalized spacial score (nSPS) is 22.5. The molecule has 0 aliphatic carbocycles. The highest BCUT2D eigenvalue weighted by atomic mass is 16.5. The van der Waals surface area contributed by atoms with Crippen LogP contribution in [-0.2, 0) is 11.3 Å². The van der Waals surface area contributed by atoms with Gasteiger partial charge in [0.2, 0.25) is 5.89 Å². The summed E-state index contributed by atoms with van der Waals surface area (Å²) in [7, 11) is 1.89. The van der Waals surface area contributed by atoms with Crippen LogP contribution in [0.2, 0.25) is 0 Å². The summed E-state index contributed by atoms with van der Waals surface area (Å²) in [6, 6.07) is 0. The van der Waals surface area contributed by atoms with Crippen LogP contribution in [0.15, 0.2) is 10.6 Å². The van der Waals surface area contributed by atoms with Crippen LogP contribution in [0.4, 0.5) is 0 Å². The standard InChI is InChI=1S/C10H16N2O2/c1-11-6-8-7-12-10(14-8)9-4-2-3-5-13-9/h7,9,11H,2-6H2,1H3. The maximum atomic E-state index is 5.58. The van der Waals surface area contributed by atoms with Crippen LogP contribution in [-0.4, -0.2) is 18.6 Å². The Labute approximate surface area is 83.7 Å². The molecule has 1 aromatic rings. The smallest absolute Gasteiger partial charge is 0.223 e. The quantitative estimate of drug-likeness (QED) is 0.798. The Morgan fingerprint density at radius 2 is 2.50 bits per heavy atom. The zero-order chi connectivity index (χ0) is 9.80. The molecule has 0 amide bonds. The van der Waals surface area contributed by atoms with Gasteiger partial charge >= 0.3 is 0 Å². The molecule has 14 heavy (non-hydrogen) atoms. The Morgan fingerprint density at radius 3 is 3.21 bits per heavy atom. The predicted molar refractivity (Wildman–Crippen MR) is 51.8 cm³/mol. The first-order valence-corrected chi connectivity index (χ1v) is 5.11. The van der Waals surface area contributed by atoms with Gasteiger partial charge in [-0.05, 0) is 26.3 Å². The summed E-state index contributed by atoms with van der Waals surface area (Å²) in [6.45, 7) is 1.55. The molecule has 2 rings (SSSR count). The van der Waals surface area contributed by atoms with Gasteiger partial charge in [-0.3, -0.25) is 0 Å². The van der Waals surface area contributed by atoms with Gasteiger partial charge in [0, 0.05) is 6.61 Å². The first-order valence-electron chi connectivity index (χ1n) is 5.11. The fraction of sp³-hybridized carbons (Fsp3) is 0.700. The van der Waals surface area contributed by atoms with Crippen LogP contribution >= 0.6 is 0 Å². The Bertz CT molecular complexity index is 279. The fourth-order valence-electron chi connectivity index (χ4n) is 1.66. The van der Waals surface area contributed by atoms with Crippen molar-refractivity contribution in [1.29, 1.82) is 0 Å². The zero-order valence-corrected chi connectivity index (χ0v) is 8.45. The lowest BCUT2D eigenvalue weighted by Crippen LogP contribution is -2.11. The topological polar surface area (TPSA) is 47.3 Å². The van der Waals surface area contributed by atoms with Crippen molar-refractivity contribution in [3.8, 4) is 0 Å². The predicted octanol–water partition coefficient (Wildman–Crippen LogP) is 1.64. The van der Waals surface area contributed by atoms with Crippen LogP contribution in [0.1, 0.15) is 37.0 Å². The summed E-state index contributed by atoms with van der Waals surface area (Å²) in [5, 5.41) is 3.03. The highest BCUT2D eigenvalue weighted by Crippen LogP contribution is 2.27. The van der Waals surface area contributed by atoms with E-state index in [0.717, 1.165) is 37.6 Å². The molecule has 4 nitrogen and oxygen atoms in total. The maximum Gasteiger partial charge on any atom is 0.223 e. The van der Waals surface area contributed by atoms with Gasteiger partial charge in [0.05, 0.1) is 12.7 Å². The molecule has 2 heterocycles. The maximum absolute atomic E-state index is 5.58. The molecule has 4 heteroatoms. The van der Waals surface area contributed by atoms with Gasteiger partial charge < -0.3 is 14.5 Å². The lowest BCUT2D eigenvalue weighted by molar-refractivity contribution is -0.00207. The monoisotopic (exact) mass is 196 g/mol. The van der Waals surface area contributed by atoms with Crippen molar-refractivity contribution in [3.63, 3.8) is 0 Å². The third kappa shape index (κ3) is 2.13. The van der Waals surface area contributed by atoms with E-state index < -0.39 is 0 Å². The van der Waals surface area contributed by atoms with Crippen molar-refractivity contribution in [2.75, 3.05) is 13.7 Å². The van der Waals surface area contributed by atoms with E-state index in [-0.39, 0.29) is 6.10 Å². The number of hydrogen-bond acceptors (Lipinski definition) is 4. The van der Waals surface area contributed by atoms with Crippen LogP contribution in [0.3, 0.4) is 0 Å². The number of ether oxygens (including phenoxy) is 1. The van der Waals surface area contributed by atoms with E-state index in [1.165, 1.54) is 6.42 Å². The molecule has 78 valence electrons. The van der Waals surface area contributed by atoms with Gasteiger partial charge in [-0.2, -0.15) is 0 Å². The van der Waals surface area contributed by atoms with E-state index in [4.69, 9.17) is 9.15 Å². The van der Waals surface area contributed by atoms with Gasteiger partial charge in [0.15, 0.2) is 0 Å². The Hall–Kier alpha value is -0.870. The van der Waals surface area contributed by atoms with Crippen molar-refractivity contribution in [2.45, 2.75) is 31.9 Å². The third-order valence-corrected chi connectivity index (χ3v) is 2.38. The molecule has 1 atom stereocenters. The van der Waals surface area contributed by atoms with E-state index >= 15 is 0 Å². The molecule has 1 fully saturated rings. The Morgan fingerprint density at radius 1 is 1.57 bits per heavy atom. The second-order valence-corrected chi connectivity index (χ2v) is 3.55. The summed E-state index contributed by atoms with van der Waals surface area (Å²) in [5.74, 6) is 1.60. The lowest BCUT2D eigenvalue weighted by Gasteiger charge is -2.19. The van der Waals surface area contributed by atoms with E-state index in [1.807, 2.05) is 7.05 Å². The van der Waals surface area contributed by atoms with Crippen molar-refractivity contribution in [2.24, 2.45) is 0 Å². The van der Waals surface area contributed by atoms with Gasteiger partial charge in [-0.15, -0.1) is 0 Å². The second kappa shape index (κ2) is 4.57. The number of nitrogens with one attached hydrogen (secondary N) is 1. The van der Waals surface area contributed by atoms with E-state index in [2.05, 4.69) is 10.3 Å². The van der Waals surface area contributed by atoms with E-state index in [9.17, 15) is 0 Å². The summed E-state index contributed by atoms with van der Waals surface area (Å²) in [4.78, 5) is 4.23. The molecular weight excluding hydrogens is 180 g/mol. The van der Waals surface area contributed by atoms with Crippen molar-refractivity contribution in [3.05, 3.63) is 17.8 Å². The summed E-state index contributed by atoms with van der Waals surface area (Å²) < 4.78 is 11.1.